The molecule has 0 aliphatic carbocycles. The zero-order valence-electron chi connectivity index (χ0n) is 14.4. The molecular weight excluding hydrogens is 336 g/mol. The van der Waals surface area contributed by atoms with Crippen molar-refractivity contribution < 1.29 is 23.5 Å². The molecule has 2 aromatic carbocycles. The predicted octanol–water partition coefficient (Wildman–Crippen LogP) is 3.41. The number of esters is 1. The number of carbonyl (C=O) groups excluding carboxylic acids is 2. The second kappa shape index (κ2) is 7.69. The van der Waals surface area contributed by atoms with Crippen LogP contribution in [0.3, 0.4) is 0 Å². The molecule has 7 heteroatoms. The molecule has 1 atom stereocenters. The number of hydrogen-bond donors (Lipinski definition) is 1. The summed E-state index contributed by atoms with van der Waals surface area (Å²) in [6.07, 6.45) is 0.703. The molecule has 1 aromatic heterocycles. The Kier molecular flexibility index (Phi) is 5.17. The molecule has 7 nitrogen and oxygen atoms in total. The number of ether oxygens (including phenoxy) is 2. The lowest BCUT2D eigenvalue weighted by molar-refractivity contribution is -0.124. The molecule has 0 saturated carbocycles. The fraction of sp³-hybridized carbons (Fsp3) is 0.211. The lowest BCUT2D eigenvalue weighted by Gasteiger charge is -2.17. The first-order valence-electron chi connectivity index (χ1n) is 8.10. The molecule has 1 unspecified atom stereocenters. The van der Waals surface area contributed by atoms with Gasteiger partial charge in [-0.1, -0.05) is 19.1 Å². The largest absolute Gasteiger partial charge is 0.495 e. The molecule has 26 heavy (non-hydrogen) atoms. The van der Waals surface area contributed by atoms with Crippen LogP contribution in [0.4, 0.5) is 5.69 Å². The number of rotatable bonds is 6. The molecule has 0 aliphatic rings. The maximum Gasteiger partial charge on any atom is 0.338 e. The van der Waals surface area contributed by atoms with E-state index >= 15 is 0 Å². The third kappa shape index (κ3) is 3.66. The molecule has 1 amide bonds. The number of para-hydroxylation sites is 2. The zero-order valence-corrected chi connectivity index (χ0v) is 14.4. The van der Waals surface area contributed by atoms with Crippen molar-refractivity contribution in [2.45, 2.75) is 19.4 Å². The summed E-state index contributed by atoms with van der Waals surface area (Å²) < 4.78 is 15.7. The van der Waals surface area contributed by atoms with Gasteiger partial charge in [0.05, 0.1) is 18.4 Å². The summed E-state index contributed by atoms with van der Waals surface area (Å²) in [5.41, 5.74) is 1.93. The molecule has 3 rings (SSSR count). The van der Waals surface area contributed by atoms with E-state index in [0.717, 1.165) is 0 Å². The number of nitrogens with one attached hydrogen (secondary N) is 1. The van der Waals surface area contributed by atoms with Crippen LogP contribution in [0, 0.1) is 0 Å². The van der Waals surface area contributed by atoms with Gasteiger partial charge in [0.15, 0.2) is 18.1 Å². The molecule has 1 N–H and O–H groups in total. The molecule has 0 aliphatic heterocycles. The van der Waals surface area contributed by atoms with Crippen molar-refractivity contribution >= 4 is 28.7 Å². The van der Waals surface area contributed by atoms with Gasteiger partial charge in [0.25, 0.3) is 5.91 Å². The number of aromatic nitrogens is 1. The lowest BCUT2D eigenvalue weighted by atomic mass is 10.2. The maximum absolute atomic E-state index is 12.5. The Balaban J connectivity index is 1.71. The van der Waals surface area contributed by atoms with Crippen molar-refractivity contribution in [2.75, 3.05) is 12.4 Å². The number of carbonyl (C=O) groups is 2. The average molecular weight is 354 g/mol. The van der Waals surface area contributed by atoms with Gasteiger partial charge in [-0.25, -0.2) is 9.78 Å². The van der Waals surface area contributed by atoms with Crippen LogP contribution >= 0.6 is 0 Å². The van der Waals surface area contributed by atoms with Crippen molar-refractivity contribution in [2.24, 2.45) is 0 Å². The Morgan fingerprint density at radius 1 is 1.23 bits per heavy atom. The summed E-state index contributed by atoms with van der Waals surface area (Å²) in [4.78, 5) is 28.9. The van der Waals surface area contributed by atoms with E-state index in [2.05, 4.69) is 10.3 Å². The Morgan fingerprint density at radius 3 is 2.81 bits per heavy atom. The van der Waals surface area contributed by atoms with Crippen molar-refractivity contribution in [1.82, 2.24) is 4.98 Å². The van der Waals surface area contributed by atoms with E-state index in [9.17, 15) is 9.59 Å². The van der Waals surface area contributed by atoms with Gasteiger partial charge in [0, 0.05) is 0 Å². The van der Waals surface area contributed by atoms with Gasteiger partial charge in [-0.05, 0) is 36.8 Å². The Hall–Kier alpha value is -3.35. The fourth-order valence-corrected chi connectivity index (χ4v) is 2.47. The maximum atomic E-state index is 12.5. The SMILES string of the molecule is CCC(OC(=O)c1ccc2ocnc2c1)C(=O)Nc1ccccc1OC. The standard InChI is InChI=1S/C19H18N2O5/c1-3-15(18(22)21-13-6-4-5-7-16(13)24-2)26-19(23)12-8-9-17-14(10-12)20-11-25-17/h4-11,15H,3H2,1-2H3,(H,21,22). The monoisotopic (exact) mass is 354 g/mol. The fourth-order valence-electron chi connectivity index (χ4n) is 2.47. The molecule has 0 spiro atoms. The number of benzene rings is 2. The molecule has 1 heterocycles. The number of anilines is 1. The molecule has 0 saturated heterocycles. The van der Waals surface area contributed by atoms with Gasteiger partial charge in [0.2, 0.25) is 0 Å². The van der Waals surface area contributed by atoms with Crippen molar-refractivity contribution in [3.63, 3.8) is 0 Å². The number of oxazole rings is 1. The van der Waals surface area contributed by atoms with Crippen molar-refractivity contribution in [3.8, 4) is 5.75 Å². The number of nitrogens with zero attached hydrogens (tertiary/aromatic N) is 1. The summed E-state index contributed by atoms with van der Waals surface area (Å²) in [5, 5.41) is 2.73. The van der Waals surface area contributed by atoms with Crippen molar-refractivity contribution in [3.05, 3.63) is 54.4 Å². The third-order valence-electron chi connectivity index (χ3n) is 3.84. The molecule has 134 valence electrons. The second-order valence-electron chi connectivity index (χ2n) is 5.53. The quantitative estimate of drug-likeness (QED) is 0.682. The van der Waals surface area contributed by atoms with E-state index in [4.69, 9.17) is 13.9 Å². The van der Waals surface area contributed by atoms with Gasteiger partial charge >= 0.3 is 5.97 Å². The zero-order chi connectivity index (χ0) is 18.5. The van der Waals surface area contributed by atoms with E-state index in [0.29, 0.717) is 34.5 Å². The highest BCUT2D eigenvalue weighted by Crippen LogP contribution is 2.24. The third-order valence-corrected chi connectivity index (χ3v) is 3.84. The second-order valence-corrected chi connectivity index (χ2v) is 5.53. The minimum absolute atomic E-state index is 0.301. The summed E-state index contributed by atoms with van der Waals surface area (Å²) in [7, 11) is 1.52. The number of amides is 1. The van der Waals surface area contributed by atoms with Gasteiger partial charge in [-0.3, -0.25) is 4.79 Å². The first-order valence-corrected chi connectivity index (χ1v) is 8.10. The first kappa shape index (κ1) is 17.5. The van der Waals surface area contributed by atoms with E-state index < -0.39 is 18.0 Å². The van der Waals surface area contributed by atoms with Crippen LogP contribution in [-0.2, 0) is 9.53 Å². The van der Waals surface area contributed by atoms with E-state index in [1.807, 2.05) is 0 Å². The minimum atomic E-state index is -0.930. The van der Waals surface area contributed by atoms with E-state index in [-0.39, 0.29) is 0 Å². The molecule has 0 fully saturated rings. The van der Waals surface area contributed by atoms with Gasteiger partial charge in [0.1, 0.15) is 11.3 Å². The lowest BCUT2D eigenvalue weighted by Crippen LogP contribution is -2.32. The van der Waals surface area contributed by atoms with Crippen LogP contribution in [0.15, 0.2) is 53.3 Å². The topological polar surface area (TPSA) is 90.7 Å². The number of hydrogen-bond acceptors (Lipinski definition) is 6. The van der Waals surface area contributed by atoms with E-state index in [1.54, 1.807) is 49.4 Å². The van der Waals surface area contributed by atoms with Crippen LogP contribution in [0.2, 0.25) is 0 Å². The molecule has 0 bridgehead atoms. The number of fused-ring (bicyclic) bond motifs is 1. The molecule has 3 aromatic rings. The molecular formula is C19H18N2O5. The first-order chi connectivity index (χ1) is 12.6. The highest BCUT2D eigenvalue weighted by Gasteiger charge is 2.23. The summed E-state index contributed by atoms with van der Waals surface area (Å²) >= 11 is 0. The van der Waals surface area contributed by atoms with Gasteiger partial charge in [-0.2, -0.15) is 0 Å². The number of methoxy groups -OCH3 is 1. The molecule has 0 radical (unpaired) electrons. The Labute approximate surface area is 149 Å². The van der Waals surface area contributed by atoms with Crippen LogP contribution in [0.1, 0.15) is 23.7 Å². The van der Waals surface area contributed by atoms with Gasteiger partial charge in [-0.15, -0.1) is 0 Å². The minimum Gasteiger partial charge on any atom is -0.495 e. The van der Waals surface area contributed by atoms with Crippen LogP contribution in [0.25, 0.3) is 11.1 Å². The highest BCUT2D eigenvalue weighted by atomic mass is 16.5. The smallest absolute Gasteiger partial charge is 0.338 e. The highest BCUT2D eigenvalue weighted by molar-refractivity contribution is 5.99. The summed E-state index contributed by atoms with van der Waals surface area (Å²) in [6.45, 7) is 1.76. The Bertz CT molecular complexity index is 934. The van der Waals surface area contributed by atoms with E-state index in [1.165, 1.54) is 13.5 Å². The summed E-state index contributed by atoms with van der Waals surface area (Å²) in [5.74, 6) is -0.497. The normalized spacial score (nSPS) is 11.8. The van der Waals surface area contributed by atoms with Crippen LogP contribution < -0.4 is 10.1 Å². The summed E-state index contributed by atoms with van der Waals surface area (Å²) in [6, 6.07) is 11.8. The van der Waals surface area contributed by atoms with Crippen molar-refractivity contribution in [1.29, 1.82) is 0 Å². The average Bonchev–Trinajstić information content (AvgIpc) is 3.14. The predicted molar refractivity (Wildman–Crippen MR) is 95.1 cm³/mol. The van der Waals surface area contributed by atoms with Crippen LogP contribution in [-0.4, -0.2) is 30.1 Å². The van der Waals surface area contributed by atoms with Crippen LogP contribution in [0.5, 0.6) is 5.75 Å². The Morgan fingerprint density at radius 2 is 2.04 bits per heavy atom. The van der Waals surface area contributed by atoms with Gasteiger partial charge < -0.3 is 19.2 Å².